The van der Waals surface area contributed by atoms with Gasteiger partial charge in [0.25, 0.3) is 6.47 Å². The Bertz CT molecular complexity index is 191. The highest BCUT2D eigenvalue weighted by molar-refractivity contribution is 5.36. The molecule has 1 heterocycles. The molecular weight excluding hydrogens is 144 g/mol. The minimum atomic E-state index is 0.460. The van der Waals surface area contributed by atoms with E-state index in [0.717, 1.165) is 18.6 Å². The third kappa shape index (κ3) is 2.89. The quantitative estimate of drug-likeness (QED) is 0.475. The fourth-order valence-electron chi connectivity index (χ4n) is 0.833. The Morgan fingerprint density at radius 3 is 3.18 bits per heavy atom. The van der Waals surface area contributed by atoms with Crippen LogP contribution in [0.4, 0.5) is 0 Å². The molecule has 0 fully saturated rings. The zero-order valence-electron chi connectivity index (χ0n) is 6.16. The van der Waals surface area contributed by atoms with Crippen molar-refractivity contribution in [2.75, 3.05) is 6.61 Å². The summed E-state index contributed by atoms with van der Waals surface area (Å²) >= 11 is 0. The van der Waals surface area contributed by atoms with Crippen LogP contribution in [0.15, 0.2) is 22.8 Å². The van der Waals surface area contributed by atoms with Crippen LogP contribution in [0.2, 0.25) is 0 Å². The first-order valence-electron chi connectivity index (χ1n) is 3.51. The molecule has 0 aliphatic rings. The minimum absolute atomic E-state index is 0.460. The van der Waals surface area contributed by atoms with Crippen LogP contribution in [0.5, 0.6) is 0 Å². The molecule has 0 amide bonds. The normalized spacial score (nSPS) is 9.45. The molecule has 11 heavy (non-hydrogen) atoms. The molecule has 0 saturated heterocycles. The third-order valence-corrected chi connectivity index (χ3v) is 1.33. The second-order valence-corrected chi connectivity index (χ2v) is 2.15. The van der Waals surface area contributed by atoms with Gasteiger partial charge in [-0.05, 0) is 18.6 Å². The van der Waals surface area contributed by atoms with Crippen molar-refractivity contribution in [3.8, 4) is 0 Å². The zero-order chi connectivity index (χ0) is 7.94. The van der Waals surface area contributed by atoms with Gasteiger partial charge in [0.2, 0.25) is 0 Å². The van der Waals surface area contributed by atoms with Gasteiger partial charge < -0.3 is 9.15 Å². The molecule has 0 aliphatic carbocycles. The second kappa shape index (κ2) is 4.55. The van der Waals surface area contributed by atoms with Crippen LogP contribution in [0.25, 0.3) is 0 Å². The highest BCUT2D eigenvalue weighted by Crippen LogP contribution is 2.02. The van der Waals surface area contributed by atoms with Crippen LogP contribution in [0.3, 0.4) is 0 Å². The number of carbonyl (C=O) groups is 1. The molecule has 1 rings (SSSR count). The molecule has 0 radical (unpaired) electrons. The van der Waals surface area contributed by atoms with Gasteiger partial charge in [-0.2, -0.15) is 0 Å². The molecule has 0 aromatic carbocycles. The molecular formula is C8H10O3. The van der Waals surface area contributed by atoms with E-state index in [9.17, 15) is 4.79 Å². The van der Waals surface area contributed by atoms with Gasteiger partial charge in [0, 0.05) is 6.42 Å². The highest BCUT2D eigenvalue weighted by atomic mass is 16.5. The number of hydrogen-bond acceptors (Lipinski definition) is 3. The van der Waals surface area contributed by atoms with E-state index < -0.39 is 0 Å². The van der Waals surface area contributed by atoms with Crippen molar-refractivity contribution in [3.05, 3.63) is 24.2 Å². The molecule has 0 N–H and O–H groups in total. The van der Waals surface area contributed by atoms with Gasteiger partial charge >= 0.3 is 0 Å². The third-order valence-electron chi connectivity index (χ3n) is 1.33. The summed E-state index contributed by atoms with van der Waals surface area (Å²) < 4.78 is 9.58. The summed E-state index contributed by atoms with van der Waals surface area (Å²) in [6.45, 7) is 0.923. The lowest BCUT2D eigenvalue weighted by molar-refractivity contribution is -0.128. The molecule has 0 aliphatic heterocycles. The molecule has 0 unspecified atom stereocenters. The molecule has 3 nitrogen and oxygen atoms in total. The molecule has 0 saturated carbocycles. The Hall–Kier alpha value is -1.25. The standard InChI is InChI=1S/C8H10O3/c9-7-10-5-1-3-8-4-2-6-11-8/h2,4,6-7H,1,3,5H2. The van der Waals surface area contributed by atoms with E-state index in [1.54, 1.807) is 6.26 Å². The van der Waals surface area contributed by atoms with Crippen molar-refractivity contribution in [1.82, 2.24) is 0 Å². The summed E-state index contributed by atoms with van der Waals surface area (Å²) in [5.41, 5.74) is 0. The van der Waals surface area contributed by atoms with Gasteiger partial charge in [-0.1, -0.05) is 0 Å². The number of aryl methyl sites for hydroxylation is 1. The monoisotopic (exact) mass is 154 g/mol. The average Bonchev–Trinajstić information content (AvgIpc) is 2.50. The van der Waals surface area contributed by atoms with Crippen LogP contribution in [-0.4, -0.2) is 13.1 Å². The van der Waals surface area contributed by atoms with E-state index >= 15 is 0 Å². The maximum atomic E-state index is 9.72. The average molecular weight is 154 g/mol. The van der Waals surface area contributed by atoms with Crippen molar-refractivity contribution in [2.45, 2.75) is 12.8 Å². The van der Waals surface area contributed by atoms with Gasteiger partial charge in [-0.25, -0.2) is 0 Å². The van der Waals surface area contributed by atoms with Crippen LogP contribution < -0.4 is 0 Å². The summed E-state index contributed by atoms with van der Waals surface area (Å²) in [5, 5.41) is 0. The van der Waals surface area contributed by atoms with Gasteiger partial charge in [-0.3, -0.25) is 4.79 Å². The van der Waals surface area contributed by atoms with Crippen molar-refractivity contribution in [3.63, 3.8) is 0 Å². The Morgan fingerprint density at radius 1 is 1.64 bits per heavy atom. The number of ether oxygens (including phenoxy) is 1. The first kappa shape index (κ1) is 7.85. The largest absolute Gasteiger partial charge is 0.469 e. The Kier molecular flexibility index (Phi) is 3.25. The Morgan fingerprint density at radius 2 is 2.55 bits per heavy atom. The fourth-order valence-corrected chi connectivity index (χ4v) is 0.833. The number of hydrogen-bond donors (Lipinski definition) is 0. The maximum Gasteiger partial charge on any atom is 0.293 e. The number of rotatable bonds is 5. The summed E-state index contributed by atoms with van der Waals surface area (Å²) in [4.78, 5) is 9.72. The topological polar surface area (TPSA) is 39.4 Å². The maximum absolute atomic E-state index is 9.72. The van der Waals surface area contributed by atoms with Crippen LogP contribution >= 0.6 is 0 Å². The van der Waals surface area contributed by atoms with Crippen molar-refractivity contribution in [1.29, 1.82) is 0 Å². The summed E-state index contributed by atoms with van der Waals surface area (Å²) in [5.74, 6) is 0.930. The lowest BCUT2D eigenvalue weighted by Crippen LogP contribution is -1.93. The predicted octanol–water partition coefficient (Wildman–Crippen LogP) is 1.39. The molecule has 3 heteroatoms. The van der Waals surface area contributed by atoms with Gasteiger partial charge in [-0.15, -0.1) is 0 Å². The fraction of sp³-hybridized carbons (Fsp3) is 0.375. The van der Waals surface area contributed by atoms with E-state index in [4.69, 9.17) is 4.42 Å². The van der Waals surface area contributed by atoms with Gasteiger partial charge in [0.1, 0.15) is 5.76 Å². The Balaban J connectivity index is 2.09. The number of carbonyl (C=O) groups excluding carboxylic acids is 1. The van der Waals surface area contributed by atoms with Crippen LogP contribution in [0, 0.1) is 0 Å². The highest BCUT2D eigenvalue weighted by Gasteiger charge is 1.94. The molecule has 60 valence electrons. The van der Waals surface area contributed by atoms with E-state index in [2.05, 4.69) is 4.74 Å². The van der Waals surface area contributed by atoms with Crippen molar-refractivity contribution in [2.24, 2.45) is 0 Å². The first-order valence-corrected chi connectivity index (χ1v) is 3.51. The van der Waals surface area contributed by atoms with Crippen LogP contribution in [0.1, 0.15) is 12.2 Å². The van der Waals surface area contributed by atoms with Crippen molar-refractivity contribution >= 4 is 6.47 Å². The summed E-state index contributed by atoms with van der Waals surface area (Å²) in [6.07, 6.45) is 3.27. The van der Waals surface area contributed by atoms with Crippen molar-refractivity contribution < 1.29 is 13.9 Å². The summed E-state index contributed by atoms with van der Waals surface area (Å²) in [7, 11) is 0. The molecule has 1 aromatic heterocycles. The first-order chi connectivity index (χ1) is 5.43. The molecule has 0 atom stereocenters. The smallest absolute Gasteiger partial charge is 0.293 e. The predicted molar refractivity (Wildman–Crippen MR) is 39.0 cm³/mol. The van der Waals surface area contributed by atoms with Gasteiger partial charge in [0.15, 0.2) is 0 Å². The lowest BCUT2D eigenvalue weighted by Gasteiger charge is -1.95. The van der Waals surface area contributed by atoms with Crippen LogP contribution in [-0.2, 0) is 16.0 Å². The Labute approximate surface area is 65.0 Å². The minimum Gasteiger partial charge on any atom is -0.469 e. The number of furan rings is 1. The van der Waals surface area contributed by atoms with E-state index in [1.165, 1.54) is 0 Å². The zero-order valence-corrected chi connectivity index (χ0v) is 6.16. The summed E-state index contributed by atoms with van der Waals surface area (Å²) in [6, 6.07) is 3.75. The molecule has 0 spiro atoms. The second-order valence-electron chi connectivity index (χ2n) is 2.15. The van der Waals surface area contributed by atoms with E-state index in [-0.39, 0.29) is 0 Å². The van der Waals surface area contributed by atoms with E-state index in [1.807, 2.05) is 12.1 Å². The lowest BCUT2D eigenvalue weighted by atomic mass is 10.3. The molecule has 1 aromatic rings. The van der Waals surface area contributed by atoms with E-state index in [0.29, 0.717) is 13.1 Å². The SMILES string of the molecule is O=COCCCc1ccco1. The molecule has 0 bridgehead atoms. The van der Waals surface area contributed by atoms with Gasteiger partial charge in [0.05, 0.1) is 12.9 Å².